The van der Waals surface area contributed by atoms with Gasteiger partial charge in [-0.05, 0) is 42.8 Å². The number of urea groups is 1. The van der Waals surface area contributed by atoms with E-state index in [1.54, 1.807) is 28.9 Å². The Morgan fingerprint density at radius 1 is 1.11 bits per heavy atom. The molecule has 3 amide bonds. The number of benzene rings is 2. The van der Waals surface area contributed by atoms with Crippen molar-refractivity contribution < 1.29 is 14.3 Å². The summed E-state index contributed by atoms with van der Waals surface area (Å²) in [5, 5.41) is 19.4. The number of nitrogens with zero attached hydrogens (tertiary/aromatic N) is 4. The van der Waals surface area contributed by atoms with Crippen molar-refractivity contribution in [1.82, 2.24) is 14.7 Å². The largest absolute Gasteiger partial charge is 0.383 e. The van der Waals surface area contributed by atoms with E-state index in [0.717, 1.165) is 16.9 Å². The molecule has 3 aromatic rings. The van der Waals surface area contributed by atoms with E-state index in [9.17, 15) is 9.59 Å². The van der Waals surface area contributed by atoms with E-state index in [1.165, 1.54) is 12.0 Å². The van der Waals surface area contributed by atoms with Gasteiger partial charge in [-0.2, -0.15) is 10.4 Å². The molecule has 0 saturated carbocycles. The Balaban J connectivity index is 1.80. The lowest BCUT2D eigenvalue weighted by molar-refractivity contribution is -0.116. The maximum Gasteiger partial charge on any atom is 0.322 e. The predicted octanol–water partition coefficient (Wildman–Crippen LogP) is 4.47. The first-order valence-corrected chi connectivity index (χ1v) is 11.6. The molecular weight excluding hydrogens is 456 g/mol. The molecule has 0 saturated heterocycles. The molecule has 0 aliphatic heterocycles. The van der Waals surface area contributed by atoms with Gasteiger partial charge in [-0.1, -0.05) is 39.0 Å². The maximum atomic E-state index is 13.1. The number of hydrogen-bond donors (Lipinski definition) is 2. The van der Waals surface area contributed by atoms with Crippen LogP contribution in [0, 0.1) is 18.3 Å². The van der Waals surface area contributed by atoms with Crippen LogP contribution in [0.25, 0.3) is 5.69 Å². The van der Waals surface area contributed by atoms with Crippen LogP contribution in [0.2, 0.25) is 0 Å². The second kappa shape index (κ2) is 11.5. The first-order valence-electron chi connectivity index (χ1n) is 11.6. The van der Waals surface area contributed by atoms with Crippen LogP contribution in [-0.4, -0.2) is 53.4 Å². The van der Waals surface area contributed by atoms with Crippen molar-refractivity contribution in [3.8, 4) is 11.8 Å². The minimum Gasteiger partial charge on any atom is -0.383 e. The van der Waals surface area contributed by atoms with E-state index in [1.807, 2.05) is 43.3 Å². The van der Waals surface area contributed by atoms with Gasteiger partial charge in [-0.25, -0.2) is 9.48 Å². The zero-order valence-electron chi connectivity index (χ0n) is 21.3. The molecule has 0 aliphatic carbocycles. The van der Waals surface area contributed by atoms with Crippen LogP contribution < -0.4 is 10.6 Å². The normalized spacial score (nSPS) is 11.0. The molecule has 0 spiro atoms. The zero-order chi connectivity index (χ0) is 26.3. The third-order valence-electron chi connectivity index (χ3n) is 5.54. The van der Waals surface area contributed by atoms with Crippen molar-refractivity contribution in [3.05, 3.63) is 71.4 Å². The second-order valence-corrected chi connectivity index (χ2v) is 9.44. The van der Waals surface area contributed by atoms with Crippen molar-refractivity contribution in [3.63, 3.8) is 0 Å². The number of nitrogens with one attached hydrogen (secondary N) is 2. The molecule has 0 atom stereocenters. The second-order valence-electron chi connectivity index (χ2n) is 9.44. The predicted molar refractivity (Wildman–Crippen MR) is 139 cm³/mol. The molecule has 1 heterocycles. The monoisotopic (exact) mass is 488 g/mol. The van der Waals surface area contributed by atoms with Gasteiger partial charge in [0.25, 0.3) is 0 Å². The fraction of sp³-hybridized carbons (Fsp3) is 0.333. The molecule has 3 rings (SSSR count). The number of para-hydroxylation sites is 1. The number of ether oxygens (including phenoxy) is 1. The van der Waals surface area contributed by atoms with Gasteiger partial charge in [0.15, 0.2) is 0 Å². The summed E-state index contributed by atoms with van der Waals surface area (Å²) in [6.45, 7) is 8.46. The third kappa shape index (κ3) is 6.71. The van der Waals surface area contributed by atoms with E-state index in [4.69, 9.17) is 15.1 Å². The third-order valence-corrected chi connectivity index (χ3v) is 5.54. The molecule has 0 bridgehead atoms. The van der Waals surface area contributed by atoms with Gasteiger partial charge in [-0.15, -0.1) is 0 Å². The number of methoxy groups -OCH3 is 1. The average molecular weight is 489 g/mol. The number of carbonyl (C=O) groups excluding carboxylic acids is 2. The van der Waals surface area contributed by atoms with Gasteiger partial charge in [0.1, 0.15) is 12.4 Å². The molecule has 9 nitrogen and oxygen atoms in total. The van der Waals surface area contributed by atoms with E-state index in [-0.39, 0.29) is 31.0 Å². The Kier molecular flexibility index (Phi) is 8.46. The number of hydrogen-bond acceptors (Lipinski definition) is 5. The number of nitriles is 1. The highest BCUT2D eigenvalue weighted by Gasteiger charge is 2.23. The van der Waals surface area contributed by atoms with Crippen LogP contribution >= 0.6 is 0 Å². The first kappa shape index (κ1) is 26.4. The molecule has 0 radical (unpaired) electrons. The first-order chi connectivity index (χ1) is 17.1. The Hall–Kier alpha value is -4.16. The van der Waals surface area contributed by atoms with Crippen molar-refractivity contribution in [2.24, 2.45) is 0 Å². The van der Waals surface area contributed by atoms with Gasteiger partial charge < -0.3 is 20.3 Å². The average Bonchev–Trinajstić information content (AvgIpc) is 3.26. The summed E-state index contributed by atoms with van der Waals surface area (Å²) in [7, 11) is 1.53. The number of aromatic nitrogens is 2. The highest BCUT2D eigenvalue weighted by molar-refractivity contribution is 5.96. The molecule has 36 heavy (non-hydrogen) atoms. The van der Waals surface area contributed by atoms with Crippen molar-refractivity contribution in [2.75, 3.05) is 37.4 Å². The van der Waals surface area contributed by atoms with E-state index in [0.29, 0.717) is 17.1 Å². The Bertz CT molecular complexity index is 1250. The van der Waals surface area contributed by atoms with E-state index >= 15 is 0 Å². The number of aryl methyl sites for hydroxylation is 1. The number of rotatable bonds is 8. The topological polar surface area (TPSA) is 112 Å². The summed E-state index contributed by atoms with van der Waals surface area (Å²) in [4.78, 5) is 27.4. The maximum absolute atomic E-state index is 13.1. The van der Waals surface area contributed by atoms with Crippen LogP contribution in [-0.2, 0) is 14.9 Å². The Morgan fingerprint density at radius 3 is 2.42 bits per heavy atom. The lowest BCUT2D eigenvalue weighted by Crippen LogP contribution is -2.42. The molecular formula is C27H32N6O3. The van der Waals surface area contributed by atoms with E-state index < -0.39 is 6.03 Å². The Morgan fingerprint density at radius 2 is 1.81 bits per heavy atom. The van der Waals surface area contributed by atoms with Gasteiger partial charge >= 0.3 is 6.03 Å². The summed E-state index contributed by atoms with van der Waals surface area (Å²) in [6.07, 6.45) is 0. The molecule has 0 aliphatic rings. The van der Waals surface area contributed by atoms with Crippen LogP contribution in [0.4, 0.5) is 16.3 Å². The van der Waals surface area contributed by atoms with Gasteiger partial charge in [0, 0.05) is 30.8 Å². The molecule has 2 N–H and O–H groups in total. The van der Waals surface area contributed by atoms with Crippen LogP contribution in [0.1, 0.15) is 37.6 Å². The minimum atomic E-state index is -0.449. The molecule has 2 aromatic carbocycles. The lowest BCUT2D eigenvalue weighted by atomic mass is 9.92. The summed E-state index contributed by atoms with van der Waals surface area (Å²) in [5.74, 6) is 0.162. The zero-order valence-corrected chi connectivity index (χ0v) is 21.3. The summed E-state index contributed by atoms with van der Waals surface area (Å²) < 4.78 is 6.86. The number of anilines is 2. The molecule has 0 fully saturated rings. The van der Waals surface area contributed by atoms with Crippen LogP contribution in [0.5, 0.6) is 0 Å². The highest BCUT2D eigenvalue weighted by atomic mass is 16.5. The summed E-state index contributed by atoms with van der Waals surface area (Å²) in [5.41, 5.74) is 3.49. The fourth-order valence-corrected chi connectivity index (χ4v) is 3.46. The van der Waals surface area contributed by atoms with Gasteiger partial charge in [-0.3, -0.25) is 4.79 Å². The summed E-state index contributed by atoms with van der Waals surface area (Å²) >= 11 is 0. The van der Waals surface area contributed by atoms with E-state index in [2.05, 4.69) is 31.4 Å². The lowest BCUT2D eigenvalue weighted by Gasteiger charge is -2.22. The fourth-order valence-electron chi connectivity index (χ4n) is 3.46. The molecule has 188 valence electrons. The highest BCUT2D eigenvalue weighted by Crippen LogP contribution is 2.27. The SMILES string of the molecule is COCCN(CC(=O)Nc1cc(C(C)(C)C)nn1-c1ccccc1C)C(=O)Nc1ccc(C#N)cc1. The van der Waals surface area contributed by atoms with Crippen molar-refractivity contribution >= 4 is 23.4 Å². The minimum absolute atomic E-state index is 0.185. The number of carbonyl (C=O) groups is 2. The van der Waals surface area contributed by atoms with Crippen molar-refractivity contribution in [2.45, 2.75) is 33.1 Å². The summed E-state index contributed by atoms with van der Waals surface area (Å²) in [6, 6.07) is 17.8. The smallest absolute Gasteiger partial charge is 0.322 e. The quantitative estimate of drug-likeness (QED) is 0.486. The van der Waals surface area contributed by atoms with Gasteiger partial charge in [0.05, 0.1) is 29.6 Å². The van der Waals surface area contributed by atoms with Gasteiger partial charge in [0.2, 0.25) is 5.91 Å². The Labute approximate surface area is 211 Å². The molecule has 0 unspecified atom stereocenters. The van der Waals surface area contributed by atoms with Crippen LogP contribution in [0.15, 0.2) is 54.6 Å². The number of amides is 3. The standard InChI is InChI=1S/C27H32N6O3/c1-19-8-6-7-9-22(19)33-24(16-23(31-33)27(2,3)4)30-25(34)18-32(14-15-36-5)26(35)29-21-12-10-20(17-28)11-13-21/h6-13,16H,14-15,18H2,1-5H3,(H,29,35)(H,30,34). The van der Waals surface area contributed by atoms with Crippen LogP contribution in [0.3, 0.4) is 0 Å². The van der Waals surface area contributed by atoms with Crippen molar-refractivity contribution in [1.29, 1.82) is 5.26 Å². The molecule has 9 heteroatoms. The molecule has 1 aromatic heterocycles.